The van der Waals surface area contributed by atoms with Crippen molar-refractivity contribution in [1.82, 2.24) is 10.6 Å². The van der Waals surface area contributed by atoms with Crippen LogP contribution in [0.4, 0.5) is 0 Å². The van der Waals surface area contributed by atoms with Crippen molar-refractivity contribution in [3.8, 4) is 0 Å². The standard InChI is InChI=1S/C53H46Br2N2O5/c54-47-21-9-7-19-39(47)41-29-45(37-17-11-25-56-33-37)52(23-27-58,31-43(41)49(60)35-13-3-1-4-14-35)51(62)53(24-28-59)32-44(50(61)36-15-5-2-6-16-36)42(40-20-8-10-22-48(40)55)30-46(53)38-18-12-26-57-34-38/h1-16,19-22,25-26,29-34,45-46,56-59H,17-18,23-24,27-28H2. The Labute approximate surface area is 379 Å². The lowest BCUT2D eigenvalue weighted by Crippen LogP contribution is -2.53. The van der Waals surface area contributed by atoms with Gasteiger partial charge in [-0.2, -0.15) is 0 Å². The summed E-state index contributed by atoms with van der Waals surface area (Å²) in [6.45, 7) is -0.768. The maximum Gasteiger partial charge on any atom is 0.193 e. The normalized spacial score (nSPS) is 23.0. The summed E-state index contributed by atoms with van der Waals surface area (Å²) in [7, 11) is 0. The average Bonchev–Trinajstić information content (AvgIpc) is 3.32. The van der Waals surface area contributed by atoms with Gasteiger partial charge in [-0.25, -0.2) is 0 Å². The van der Waals surface area contributed by atoms with Gasteiger partial charge in [-0.1, -0.05) is 165 Å². The number of Topliss-reactive ketones (excluding diaryl/α,β-unsaturated/α-hetero) is 3. The Balaban J connectivity index is 1.45. The third-order valence-corrected chi connectivity index (χ3v) is 13.8. The maximum absolute atomic E-state index is 17.0. The Bertz CT molecular complexity index is 2470. The van der Waals surface area contributed by atoms with Gasteiger partial charge in [0.25, 0.3) is 0 Å². The zero-order chi connectivity index (χ0) is 43.3. The van der Waals surface area contributed by atoms with Gasteiger partial charge in [-0.05, 0) is 83.6 Å². The highest BCUT2D eigenvalue weighted by molar-refractivity contribution is 9.10. The van der Waals surface area contributed by atoms with Crippen LogP contribution in [0, 0.1) is 22.7 Å². The molecule has 4 aromatic carbocycles. The molecular formula is C53H46Br2N2O5. The molecule has 312 valence electrons. The Hall–Kier alpha value is -5.71. The summed E-state index contributed by atoms with van der Waals surface area (Å²) in [5.74, 6) is -2.19. The quantitative estimate of drug-likeness (QED) is 0.0931. The number of rotatable bonds is 14. The molecule has 2 aliphatic heterocycles. The molecule has 0 bridgehead atoms. The SMILES string of the molecule is O=C(C1=CC(CCO)(C(=O)C2(CCO)C=C(C(=O)c3ccccc3)C(c3ccccc3Br)=CC2C2=CNC=CC2)C(C2=CNC=CC2)C=C1c1ccccc1Br)c1ccccc1. The number of halogens is 2. The first kappa shape index (κ1) is 43.0. The minimum Gasteiger partial charge on any atom is -0.396 e. The monoisotopic (exact) mass is 948 g/mol. The van der Waals surface area contributed by atoms with E-state index in [1.807, 2.05) is 146 Å². The number of benzene rings is 4. The van der Waals surface area contributed by atoms with Crippen LogP contribution in [0.1, 0.15) is 57.5 Å². The molecule has 7 nitrogen and oxygen atoms in total. The number of hydrogen-bond donors (Lipinski definition) is 4. The number of aliphatic hydroxyl groups is 2. The van der Waals surface area contributed by atoms with Gasteiger partial charge < -0.3 is 20.8 Å². The van der Waals surface area contributed by atoms with Crippen LogP contribution in [-0.2, 0) is 4.79 Å². The van der Waals surface area contributed by atoms with Crippen molar-refractivity contribution >= 4 is 60.4 Å². The highest BCUT2D eigenvalue weighted by Crippen LogP contribution is 2.58. The lowest BCUT2D eigenvalue weighted by molar-refractivity contribution is -0.139. The van der Waals surface area contributed by atoms with E-state index in [1.165, 1.54) is 0 Å². The zero-order valence-corrected chi connectivity index (χ0v) is 37.1. The van der Waals surface area contributed by atoms with Crippen LogP contribution in [0.2, 0.25) is 0 Å². The van der Waals surface area contributed by atoms with Crippen molar-refractivity contribution in [1.29, 1.82) is 0 Å². The number of nitrogens with one attached hydrogen (secondary N) is 2. The van der Waals surface area contributed by atoms with Gasteiger partial charge >= 0.3 is 0 Å². The average molecular weight is 951 g/mol. The molecule has 4 N–H and O–H groups in total. The molecule has 0 saturated heterocycles. The largest absolute Gasteiger partial charge is 0.396 e. The Kier molecular flexibility index (Phi) is 13.0. The molecule has 8 rings (SSSR count). The van der Waals surface area contributed by atoms with Crippen molar-refractivity contribution < 1.29 is 24.6 Å². The van der Waals surface area contributed by atoms with Crippen LogP contribution < -0.4 is 10.6 Å². The molecule has 0 fully saturated rings. The smallest absolute Gasteiger partial charge is 0.193 e. The molecule has 4 aliphatic rings. The molecule has 4 unspecified atom stereocenters. The molecular weight excluding hydrogens is 904 g/mol. The van der Waals surface area contributed by atoms with E-state index in [0.717, 1.165) is 31.2 Å². The van der Waals surface area contributed by atoms with Crippen LogP contribution in [0.3, 0.4) is 0 Å². The number of dihydropyridines is 2. The molecule has 0 aromatic heterocycles. The molecule has 9 heteroatoms. The van der Waals surface area contributed by atoms with Crippen molar-refractivity contribution in [2.24, 2.45) is 22.7 Å². The first-order valence-electron chi connectivity index (χ1n) is 20.8. The predicted molar refractivity (Wildman–Crippen MR) is 252 cm³/mol. The molecule has 0 saturated carbocycles. The second-order valence-corrected chi connectivity index (χ2v) is 17.6. The lowest BCUT2D eigenvalue weighted by atomic mass is 9.51. The zero-order valence-electron chi connectivity index (χ0n) is 33.9. The fourth-order valence-corrected chi connectivity index (χ4v) is 10.5. The highest BCUT2D eigenvalue weighted by Gasteiger charge is 2.58. The fourth-order valence-electron chi connectivity index (χ4n) is 9.52. The van der Waals surface area contributed by atoms with Crippen LogP contribution in [0.25, 0.3) is 11.1 Å². The molecule has 0 amide bonds. The first-order chi connectivity index (χ1) is 30.2. The summed E-state index contributed by atoms with van der Waals surface area (Å²) in [5, 5.41) is 29.0. The number of ketones is 3. The minimum atomic E-state index is -1.56. The Morgan fingerprint density at radius 3 is 1.31 bits per heavy atom. The van der Waals surface area contributed by atoms with E-state index in [-0.39, 0.29) is 43.4 Å². The van der Waals surface area contributed by atoms with Crippen LogP contribution in [-0.4, -0.2) is 40.8 Å². The van der Waals surface area contributed by atoms with Crippen LogP contribution in [0.5, 0.6) is 0 Å². The van der Waals surface area contributed by atoms with Gasteiger partial charge in [0.15, 0.2) is 17.3 Å². The number of allylic oxidation sites excluding steroid dienone is 12. The van der Waals surface area contributed by atoms with Crippen molar-refractivity contribution in [2.45, 2.75) is 25.7 Å². The van der Waals surface area contributed by atoms with E-state index in [2.05, 4.69) is 42.5 Å². The van der Waals surface area contributed by atoms with Crippen molar-refractivity contribution in [2.75, 3.05) is 13.2 Å². The summed E-state index contributed by atoms with van der Waals surface area (Å²) < 4.78 is 1.55. The molecule has 2 aliphatic carbocycles. The Morgan fingerprint density at radius 2 is 0.952 bits per heavy atom. The van der Waals surface area contributed by atoms with Gasteiger partial charge in [-0.3, -0.25) is 14.4 Å². The third-order valence-electron chi connectivity index (χ3n) is 12.4. The van der Waals surface area contributed by atoms with Gasteiger partial charge in [0, 0.05) is 68.7 Å². The predicted octanol–water partition coefficient (Wildman–Crippen LogP) is 10.6. The molecule has 4 aromatic rings. The van der Waals surface area contributed by atoms with Crippen molar-refractivity contribution in [3.63, 3.8) is 0 Å². The summed E-state index contributed by atoms with van der Waals surface area (Å²) in [5.41, 5.74) is 3.05. The summed E-state index contributed by atoms with van der Waals surface area (Å²) in [4.78, 5) is 47.1. The van der Waals surface area contributed by atoms with E-state index >= 15 is 14.4 Å². The Morgan fingerprint density at radius 1 is 0.565 bits per heavy atom. The number of carbonyl (C=O) groups is 3. The molecule has 4 atom stereocenters. The minimum absolute atomic E-state index is 0.0451. The van der Waals surface area contributed by atoms with Crippen molar-refractivity contribution in [3.05, 3.63) is 224 Å². The van der Waals surface area contributed by atoms with E-state index in [9.17, 15) is 10.2 Å². The van der Waals surface area contributed by atoms with Gasteiger partial charge in [0.05, 0.1) is 10.8 Å². The third kappa shape index (κ3) is 8.06. The van der Waals surface area contributed by atoms with Gasteiger partial charge in [0.2, 0.25) is 0 Å². The van der Waals surface area contributed by atoms with Gasteiger partial charge in [-0.15, -0.1) is 0 Å². The molecule has 62 heavy (non-hydrogen) atoms. The van der Waals surface area contributed by atoms with E-state index in [0.29, 0.717) is 46.3 Å². The first-order valence-corrected chi connectivity index (χ1v) is 22.4. The summed E-state index contributed by atoms with van der Waals surface area (Å²) >= 11 is 7.52. The van der Waals surface area contributed by atoms with Crippen LogP contribution in [0.15, 0.2) is 202 Å². The molecule has 2 heterocycles. The van der Waals surface area contributed by atoms with E-state index < -0.39 is 22.7 Å². The molecule has 0 spiro atoms. The fraction of sp³-hybridized carbons (Fsp3) is 0.189. The highest BCUT2D eigenvalue weighted by atomic mass is 79.9. The van der Waals surface area contributed by atoms with E-state index in [4.69, 9.17) is 0 Å². The lowest BCUT2D eigenvalue weighted by Gasteiger charge is -2.50. The second kappa shape index (κ2) is 18.7. The topological polar surface area (TPSA) is 116 Å². The molecule has 0 radical (unpaired) electrons. The summed E-state index contributed by atoms with van der Waals surface area (Å²) in [6, 6.07) is 33.4. The van der Waals surface area contributed by atoms with E-state index in [1.54, 1.807) is 24.3 Å². The maximum atomic E-state index is 17.0. The second-order valence-electron chi connectivity index (χ2n) is 15.9. The number of aliphatic hydroxyl groups excluding tert-OH is 2. The summed E-state index contributed by atoms with van der Waals surface area (Å²) in [6.07, 6.45) is 20.0. The number of carbonyl (C=O) groups excluding carboxylic acids is 3. The van der Waals surface area contributed by atoms with Gasteiger partial charge in [0.1, 0.15) is 0 Å². The van der Waals surface area contributed by atoms with Crippen LogP contribution >= 0.6 is 31.9 Å². The number of hydrogen-bond acceptors (Lipinski definition) is 7.